The molecule has 0 saturated carbocycles. The van der Waals surface area contributed by atoms with Crippen molar-refractivity contribution in [3.63, 3.8) is 0 Å². The van der Waals surface area contributed by atoms with Gasteiger partial charge in [-0.05, 0) is 6.92 Å². The van der Waals surface area contributed by atoms with Crippen molar-refractivity contribution in [2.24, 2.45) is 0 Å². The lowest BCUT2D eigenvalue weighted by molar-refractivity contribution is -0.277. The molecule has 1 aliphatic heterocycles. The predicted molar refractivity (Wildman–Crippen MR) is 34.6 cm³/mol. The molecule has 5 nitrogen and oxygen atoms in total. The zero-order chi connectivity index (χ0) is 8.59. The van der Waals surface area contributed by atoms with Crippen LogP contribution in [-0.2, 0) is 4.74 Å². The highest BCUT2D eigenvalue weighted by atomic mass is 16.6. The van der Waals surface area contributed by atoms with Gasteiger partial charge < -0.3 is 25.2 Å². The maximum absolute atomic E-state index is 9.09. The third-order valence-electron chi connectivity index (χ3n) is 1.83. The summed E-state index contributed by atoms with van der Waals surface area (Å²) in [4.78, 5) is 0. The highest BCUT2D eigenvalue weighted by Crippen LogP contribution is 2.18. The van der Waals surface area contributed by atoms with Crippen LogP contribution in [0.3, 0.4) is 0 Å². The van der Waals surface area contributed by atoms with E-state index in [9.17, 15) is 0 Å². The summed E-state index contributed by atoms with van der Waals surface area (Å²) in [6.07, 6.45) is -5.99. The molecule has 0 aromatic rings. The van der Waals surface area contributed by atoms with Gasteiger partial charge in [0.1, 0.15) is 18.3 Å². The van der Waals surface area contributed by atoms with Crippen LogP contribution in [0.15, 0.2) is 0 Å². The Labute approximate surface area is 63.8 Å². The van der Waals surface area contributed by atoms with E-state index >= 15 is 0 Å². The second kappa shape index (κ2) is 3.04. The molecule has 66 valence electrons. The van der Waals surface area contributed by atoms with Crippen LogP contribution in [0.25, 0.3) is 0 Å². The lowest BCUT2D eigenvalue weighted by Gasteiger charge is -2.36. The van der Waals surface area contributed by atoms with Gasteiger partial charge in [-0.25, -0.2) is 0 Å². The van der Waals surface area contributed by atoms with Crippen molar-refractivity contribution in [3.8, 4) is 0 Å². The summed E-state index contributed by atoms with van der Waals surface area (Å²) in [5.74, 6) is 0. The maximum Gasteiger partial charge on any atom is 0.183 e. The predicted octanol–water partition coefficient (Wildman–Crippen LogP) is -2.19. The smallest absolute Gasteiger partial charge is 0.183 e. The van der Waals surface area contributed by atoms with Crippen LogP contribution in [0, 0.1) is 0 Å². The molecule has 0 aromatic heterocycles. The molecule has 5 atom stereocenters. The minimum Gasteiger partial charge on any atom is -0.388 e. The van der Waals surface area contributed by atoms with E-state index in [0.29, 0.717) is 0 Å². The Morgan fingerprint density at radius 2 is 1.45 bits per heavy atom. The summed E-state index contributed by atoms with van der Waals surface area (Å²) in [7, 11) is 0. The summed E-state index contributed by atoms with van der Waals surface area (Å²) in [6.45, 7) is 1.50. The van der Waals surface area contributed by atoms with Crippen LogP contribution in [-0.4, -0.2) is 51.1 Å². The summed E-state index contributed by atoms with van der Waals surface area (Å²) >= 11 is 0. The van der Waals surface area contributed by atoms with E-state index in [1.165, 1.54) is 6.92 Å². The van der Waals surface area contributed by atoms with Crippen molar-refractivity contribution in [1.29, 1.82) is 0 Å². The Bertz CT molecular complexity index is 125. The Morgan fingerprint density at radius 3 is 2.00 bits per heavy atom. The zero-order valence-electron chi connectivity index (χ0n) is 6.08. The molecule has 1 rings (SSSR count). The molecule has 0 radical (unpaired) electrons. The fraction of sp³-hybridized carbons (Fsp3) is 1.00. The molecular formula is C6H12O5. The molecule has 11 heavy (non-hydrogen) atoms. The SMILES string of the molecule is C[C@H]1O[C@@H](O)[C@@H](O)[C@H](O)[C@H]1O. The molecule has 0 amide bonds. The molecule has 4 N–H and O–H groups in total. The fourth-order valence-corrected chi connectivity index (χ4v) is 1.03. The van der Waals surface area contributed by atoms with Crippen LogP contribution in [0.4, 0.5) is 0 Å². The largest absolute Gasteiger partial charge is 0.388 e. The van der Waals surface area contributed by atoms with E-state index in [1.807, 2.05) is 0 Å². The molecular weight excluding hydrogens is 152 g/mol. The van der Waals surface area contributed by atoms with Crippen molar-refractivity contribution in [2.75, 3.05) is 0 Å². The number of aliphatic hydroxyl groups excluding tert-OH is 4. The van der Waals surface area contributed by atoms with Crippen molar-refractivity contribution in [3.05, 3.63) is 0 Å². The van der Waals surface area contributed by atoms with Gasteiger partial charge in [-0.1, -0.05) is 0 Å². The van der Waals surface area contributed by atoms with E-state index in [4.69, 9.17) is 20.4 Å². The first kappa shape index (κ1) is 8.89. The van der Waals surface area contributed by atoms with Gasteiger partial charge in [0.25, 0.3) is 0 Å². The summed E-state index contributed by atoms with van der Waals surface area (Å²) < 4.78 is 4.68. The average molecular weight is 164 g/mol. The normalized spacial score (nSPS) is 52.6. The van der Waals surface area contributed by atoms with E-state index in [1.54, 1.807) is 0 Å². The lowest BCUT2D eigenvalue weighted by Crippen LogP contribution is -2.56. The Hall–Kier alpha value is -0.200. The topological polar surface area (TPSA) is 90.2 Å². The first-order chi connectivity index (χ1) is 5.04. The van der Waals surface area contributed by atoms with Crippen molar-refractivity contribution < 1.29 is 25.2 Å². The van der Waals surface area contributed by atoms with Crippen LogP contribution in [0.1, 0.15) is 6.92 Å². The first-order valence-corrected chi connectivity index (χ1v) is 3.41. The molecule has 1 saturated heterocycles. The molecule has 1 aliphatic rings. The quantitative estimate of drug-likeness (QED) is 0.326. The lowest BCUT2D eigenvalue weighted by atomic mass is 10.0. The highest BCUT2D eigenvalue weighted by molar-refractivity contribution is 4.86. The van der Waals surface area contributed by atoms with Gasteiger partial charge in [-0.3, -0.25) is 0 Å². The molecule has 0 bridgehead atoms. The van der Waals surface area contributed by atoms with Crippen LogP contribution >= 0.6 is 0 Å². The maximum atomic E-state index is 9.09. The van der Waals surface area contributed by atoms with Gasteiger partial charge in [-0.15, -0.1) is 0 Å². The molecule has 0 aromatic carbocycles. The van der Waals surface area contributed by atoms with Gasteiger partial charge in [0.05, 0.1) is 6.10 Å². The number of ether oxygens (including phenoxy) is 1. The third-order valence-corrected chi connectivity index (χ3v) is 1.83. The van der Waals surface area contributed by atoms with E-state index in [-0.39, 0.29) is 0 Å². The van der Waals surface area contributed by atoms with Gasteiger partial charge in [0, 0.05) is 0 Å². The second-order valence-electron chi connectivity index (χ2n) is 2.70. The van der Waals surface area contributed by atoms with E-state index in [2.05, 4.69) is 4.74 Å². The Balaban J connectivity index is 2.63. The van der Waals surface area contributed by atoms with Gasteiger partial charge in [0.15, 0.2) is 6.29 Å². The fourth-order valence-electron chi connectivity index (χ4n) is 1.03. The molecule has 0 aliphatic carbocycles. The second-order valence-corrected chi connectivity index (χ2v) is 2.70. The van der Waals surface area contributed by atoms with Gasteiger partial charge in [0.2, 0.25) is 0 Å². The van der Waals surface area contributed by atoms with Crippen LogP contribution < -0.4 is 0 Å². The Morgan fingerprint density at radius 1 is 0.909 bits per heavy atom. The summed E-state index contributed by atoms with van der Waals surface area (Å²) in [6, 6.07) is 0. The minimum atomic E-state index is -1.43. The number of hydrogen-bond acceptors (Lipinski definition) is 5. The molecule has 1 heterocycles. The molecule has 0 unspecified atom stereocenters. The summed E-state index contributed by atoms with van der Waals surface area (Å²) in [5.41, 5.74) is 0. The Kier molecular flexibility index (Phi) is 2.46. The minimum absolute atomic E-state index is 0.664. The van der Waals surface area contributed by atoms with Crippen LogP contribution in [0.2, 0.25) is 0 Å². The first-order valence-electron chi connectivity index (χ1n) is 3.41. The highest BCUT2D eigenvalue weighted by Gasteiger charge is 2.40. The number of aliphatic hydroxyl groups is 4. The van der Waals surface area contributed by atoms with Gasteiger partial charge >= 0.3 is 0 Å². The molecule has 5 heteroatoms. The van der Waals surface area contributed by atoms with E-state index in [0.717, 1.165) is 0 Å². The summed E-state index contributed by atoms with van der Waals surface area (Å²) in [5, 5.41) is 36.0. The number of hydrogen-bond donors (Lipinski definition) is 4. The third kappa shape index (κ3) is 1.52. The van der Waals surface area contributed by atoms with Gasteiger partial charge in [-0.2, -0.15) is 0 Å². The number of rotatable bonds is 0. The van der Waals surface area contributed by atoms with Crippen molar-refractivity contribution in [1.82, 2.24) is 0 Å². The zero-order valence-corrected chi connectivity index (χ0v) is 6.08. The van der Waals surface area contributed by atoms with E-state index < -0.39 is 30.7 Å². The van der Waals surface area contributed by atoms with Crippen molar-refractivity contribution >= 4 is 0 Å². The van der Waals surface area contributed by atoms with Crippen LogP contribution in [0.5, 0.6) is 0 Å². The molecule has 1 fully saturated rings. The standard InChI is InChI=1S/C6H12O5/c1-2-3(7)4(8)5(9)6(10)11-2/h2-10H,1H3/t2-,3+,4-,5+,6-/m1/s1. The average Bonchev–Trinajstić information content (AvgIpc) is 1.97. The monoisotopic (exact) mass is 164 g/mol. The molecule has 0 spiro atoms. The van der Waals surface area contributed by atoms with Crippen molar-refractivity contribution in [2.45, 2.75) is 37.6 Å².